The molecule has 0 spiro atoms. The van der Waals surface area contributed by atoms with Crippen LogP contribution in [0, 0.1) is 5.92 Å². The zero-order chi connectivity index (χ0) is 14.1. The second-order valence-electron chi connectivity index (χ2n) is 6.27. The van der Waals surface area contributed by atoms with Gasteiger partial charge in [0.25, 0.3) is 5.91 Å². The summed E-state index contributed by atoms with van der Waals surface area (Å²) in [5.41, 5.74) is 7.66. The Hall–Kier alpha value is -1.42. The zero-order valence-corrected chi connectivity index (χ0v) is 12.1. The number of nitrogens with zero attached hydrogens (tertiary/aromatic N) is 2. The van der Waals surface area contributed by atoms with Crippen LogP contribution in [0.15, 0.2) is 18.3 Å². The van der Waals surface area contributed by atoms with Crippen LogP contribution in [-0.2, 0) is 0 Å². The summed E-state index contributed by atoms with van der Waals surface area (Å²) in [7, 11) is 0. The molecule has 3 rings (SSSR count). The number of carbonyl (C=O) groups is 1. The third kappa shape index (κ3) is 2.70. The molecule has 2 aliphatic rings. The number of hydrogen-bond acceptors (Lipinski definition) is 3. The van der Waals surface area contributed by atoms with Gasteiger partial charge in [0.05, 0.1) is 0 Å². The van der Waals surface area contributed by atoms with E-state index in [1.165, 1.54) is 18.4 Å². The minimum atomic E-state index is 0.0368. The van der Waals surface area contributed by atoms with Crippen LogP contribution in [0.4, 0.5) is 0 Å². The van der Waals surface area contributed by atoms with E-state index in [9.17, 15) is 4.79 Å². The van der Waals surface area contributed by atoms with Crippen molar-refractivity contribution in [3.8, 4) is 0 Å². The normalized spacial score (nSPS) is 26.6. The van der Waals surface area contributed by atoms with Gasteiger partial charge in [-0.3, -0.25) is 9.78 Å². The van der Waals surface area contributed by atoms with Crippen molar-refractivity contribution in [2.24, 2.45) is 11.7 Å². The lowest BCUT2D eigenvalue weighted by Crippen LogP contribution is -2.49. The fourth-order valence-corrected chi connectivity index (χ4v) is 3.08. The molecular weight excluding hydrogens is 250 g/mol. The van der Waals surface area contributed by atoms with Crippen LogP contribution in [0.2, 0.25) is 0 Å². The van der Waals surface area contributed by atoms with E-state index in [0.717, 1.165) is 19.4 Å². The van der Waals surface area contributed by atoms with Gasteiger partial charge in [0.1, 0.15) is 5.69 Å². The Bertz CT molecular complexity index is 481. The lowest BCUT2D eigenvalue weighted by molar-refractivity contribution is 0.0567. The predicted octanol–water partition coefficient (Wildman–Crippen LogP) is 2.16. The first-order chi connectivity index (χ1) is 9.69. The van der Waals surface area contributed by atoms with Crippen molar-refractivity contribution >= 4 is 5.91 Å². The Morgan fingerprint density at radius 2 is 2.20 bits per heavy atom. The number of nitrogens with two attached hydrogens (primary N) is 1. The molecule has 1 aromatic rings. The molecular formula is C16H23N3O. The number of piperidine rings is 1. The van der Waals surface area contributed by atoms with E-state index in [2.05, 4.69) is 18.0 Å². The van der Waals surface area contributed by atoms with Gasteiger partial charge < -0.3 is 10.6 Å². The third-order valence-corrected chi connectivity index (χ3v) is 4.57. The van der Waals surface area contributed by atoms with Crippen molar-refractivity contribution < 1.29 is 4.79 Å². The summed E-state index contributed by atoms with van der Waals surface area (Å²) in [5, 5.41) is 0. The highest BCUT2D eigenvalue weighted by Gasteiger charge is 2.30. The summed E-state index contributed by atoms with van der Waals surface area (Å²) in [5.74, 6) is 1.37. The van der Waals surface area contributed by atoms with Gasteiger partial charge in [0.2, 0.25) is 0 Å². The molecule has 2 unspecified atom stereocenters. The Balaban J connectivity index is 1.73. The third-order valence-electron chi connectivity index (χ3n) is 4.57. The summed E-state index contributed by atoms with van der Waals surface area (Å²) < 4.78 is 0. The Kier molecular flexibility index (Phi) is 3.74. The monoisotopic (exact) mass is 273 g/mol. The first-order valence-electron chi connectivity index (χ1n) is 7.66. The van der Waals surface area contributed by atoms with Gasteiger partial charge in [-0.25, -0.2) is 0 Å². The summed E-state index contributed by atoms with van der Waals surface area (Å²) in [6.45, 7) is 3.57. The van der Waals surface area contributed by atoms with Crippen molar-refractivity contribution in [2.75, 3.05) is 13.1 Å². The SMILES string of the molecule is CC1CCN(C(=O)c2ccc(C3CC3)cn2)C(CN)C1. The molecule has 20 heavy (non-hydrogen) atoms. The van der Waals surface area contributed by atoms with E-state index in [1.54, 1.807) is 0 Å². The lowest BCUT2D eigenvalue weighted by atomic mass is 9.92. The van der Waals surface area contributed by atoms with Crippen molar-refractivity contribution in [2.45, 2.75) is 44.6 Å². The number of pyridine rings is 1. The maximum Gasteiger partial charge on any atom is 0.272 e. The first-order valence-corrected chi connectivity index (χ1v) is 7.66. The number of likely N-dealkylation sites (tertiary alicyclic amines) is 1. The van der Waals surface area contributed by atoms with Crippen LogP contribution >= 0.6 is 0 Å². The molecule has 2 heterocycles. The second kappa shape index (κ2) is 5.52. The Morgan fingerprint density at radius 3 is 2.80 bits per heavy atom. The topological polar surface area (TPSA) is 59.2 Å². The molecule has 4 heteroatoms. The molecule has 108 valence electrons. The number of rotatable bonds is 3. The molecule has 2 N–H and O–H groups in total. The minimum Gasteiger partial charge on any atom is -0.333 e. The van der Waals surface area contributed by atoms with Gasteiger partial charge in [-0.05, 0) is 49.1 Å². The quantitative estimate of drug-likeness (QED) is 0.918. The number of hydrogen-bond donors (Lipinski definition) is 1. The molecule has 1 aliphatic heterocycles. The zero-order valence-electron chi connectivity index (χ0n) is 12.1. The van der Waals surface area contributed by atoms with Gasteiger partial charge in [-0.1, -0.05) is 13.0 Å². The van der Waals surface area contributed by atoms with Gasteiger partial charge in [0.15, 0.2) is 0 Å². The molecule has 1 aliphatic carbocycles. The van der Waals surface area contributed by atoms with Crippen molar-refractivity contribution in [3.63, 3.8) is 0 Å². The largest absolute Gasteiger partial charge is 0.333 e. The van der Waals surface area contributed by atoms with E-state index >= 15 is 0 Å². The average Bonchev–Trinajstić information content (AvgIpc) is 3.31. The second-order valence-corrected chi connectivity index (χ2v) is 6.27. The fraction of sp³-hybridized carbons (Fsp3) is 0.625. The van der Waals surface area contributed by atoms with Crippen molar-refractivity contribution in [3.05, 3.63) is 29.6 Å². The molecule has 1 saturated heterocycles. The summed E-state index contributed by atoms with van der Waals surface area (Å²) in [6.07, 6.45) is 6.45. The maximum absolute atomic E-state index is 12.6. The molecule has 2 atom stereocenters. The Labute approximate surface area is 120 Å². The Morgan fingerprint density at radius 1 is 1.40 bits per heavy atom. The summed E-state index contributed by atoms with van der Waals surface area (Å²) in [6, 6.07) is 4.10. The van der Waals surface area contributed by atoms with Gasteiger partial charge in [0, 0.05) is 25.3 Å². The maximum atomic E-state index is 12.6. The molecule has 2 fully saturated rings. The molecule has 0 radical (unpaired) electrons. The van der Waals surface area contributed by atoms with Gasteiger partial charge >= 0.3 is 0 Å². The standard InChI is InChI=1S/C16H23N3O/c1-11-6-7-19(14(8-11)9-17)16(20)15-5-4-13(10-18-15)12-2-3-12/h4-5,10-12,14H,2-3,6-9,17H2,1H3. The summed E-state index contributed by atoms with van der Waals surface area (Å²) in [4.78, 5) is 18.9. The lowest BCUT2D eigenvalue weighted by Gasteiger charge is -2.37. The van der Waals surface area contributed by atoms with E-state index in [0.29, 0.717) is 24.1 Å². The van der Waals surface area contributed by atoms with Crippen LogP contribution in [0.1, 0.15) is 54.6 Å². The minimum absolute atomic E-state index is 0.0368. The van der Waals surface area contributed by atoms with Crippen LogP contribution in [-0.4, -0.2) is 34.9 Å². The van der Waals surface area contributed by atoms with E-state index in [4.69, 9.17) is 5.73 Å². The fourth-order valence-electron chi connectivity index (χ4n) is 3.08. The van der Waals surface area contributed by atoms with E-state index < -0.39 is 0 Å². The average molecular weight is 273 g/mol. The van der Waals surface area contributed by atoms with Crippen molar-refractivity contribution in [1.82, 2.24) is 9.88 Å². The molecule has 0 aromatic carbocycles. The van der Waals surface area contributed by atoms with Crippen LogP contribution in [0.25, 0.3) is 0 Å². The van der Waals surface area contributed by atoms with Crippen molar-refractivity contribution in [1.29, 1.82) is 0 Å². The van der Waals surface area contributed by atoms with Gasteiger partial charge in [-0.15, -0.1) is 0 Å². The predicted molar refractivity (Wildman–Crippen MR) is 78.5 cm³/mol. The van der Waals surface area contributed by atoms with Gasteiger partial charge in [-0.2, -0.15) is 0 Å². The molecule has 1 aromatic heterocycles. The molecule has 1 amide bonds. The highest BCUT2D eigenvalue weighted by atomic mass is 16.2. The first kappa shape index (κ1) is 13.6. The number of amides is 1. The number of carbonyl (C=O) groups excluding carboxylic acids is 1. The highest BCUT2D eigenvalue weighted by molar-refractivity contribution is 5.92. The molecule has 1 saturated carbocycles. The molecule has 4 nitrogen and oxygen atoms in total. The van der Waals surface area contributed by atoms with Crippen LogP contribution in [0.5, 0.6) is 0 Å². The highest BCUT2D eigenvalue weighted by Crippen LogP contribution is 2.39. The molecule has 0 bridgehead atoms. The van der Waals surface area contributed by atoms with E-state index in [1.807, 2.05) is 17.2 Å². The summed E-state index contributed by atoms with van der Waals surface area (Å²) >= 11 is 0. The number of aromatic nitrogens is 1. The van der Waals surface area contributed by atoms with Crippen LogP contribution in [0.3, 0.4) is 0 Å². The van der Waals surface area contributed by atoms with E-state index in [-0.39, 0.29) is 11.9 Å². The smallest absolute Gasteiger partial charge is 0.272 e. The van der Waals surface area contributed by atoms with Crippen LogP contribution < -0.4 is 5.73 Å².